The molecule has 0 saturated carbocycles. The third-order valence-corrected chi connectivity index (χ3v) is 3.20. The van der Waals surface area contributed by atoms with Crippen molar-refractivity contribution >= 4 is 17.6 Å². The smallest absolute Gasteiger partial charge is 0.339 e. The van der Waals surface area contributed by atoms with Crippen LogP contribution in [0.1, 0.15) is 23.2 Å². The number of aromatic carboxylic acids is 1. The number of nitrogens with one attached hydrogen (secondary N) is 1. The maximum Gasteiger partial charge on any atom is 0.339 e. The third-order valence-electron chi connectivity index (χ3n) is 3.20. The molecule has 1 aromatic rings. The van der Waals surface area contributed by atoms with E-state index in [1.807, 2.05) is 7.05 Å². The van der Waals surface area contributed by atoms with Gasteiger partial charge in [-0.15, -0.1) is 0 Å². The largest absolute Gasteiger partial charge is 0.489 e. The molecule has 1 aliphatic heterocycles. The molecule has 0 radical (unpaired) electrons. The van der Waals surface area contributed by atoms with Gasteiger partial charge < -0.3 is 20.1 Å². The van der Waals surface area contributed by atoms with E-state index in [0.717, 1.165) is 13.0 Å². The van der Waals surface area contributed by atoms with Gasteiger partial charge >= 0.3 is 5.97 Å². The molecule has 1 amide bonds. The van der Waals surface area contributed by atoms with Crippen LogP contribution in [0, 0.1) is 0 Å². The quantitative estimate of drug-likeness (QED) is 0.789. The first-order chi connectivity index (χ1) is 9.65. The summed E-state index contributed by atoms with van der Waals surface area (Å²) in [7, 11) is 1.84. The first kappa shape index (κ1) is 14.3. The molecule has 0 fully saturated rings. The number of hydrogen-bond donors (Lipinski definition) is 2. The summed E-state index contributed by atoms with van der Waals surface area (Å²) >= 11 is 0. The van der Waals surface area contributed by atoms with Crippen molar-refractivity contribution in [3.63, 3.8) is 0 Å². The van der Waals surface area contributed by atoms with Crippen LogP contribution in [0.25, 0.3) is 0 Å². The van der Waals surface area contributed by atoms with Crippen molar-refractivity contribution < 1.29 is 19.4 Å². The third kappa shape index (κ3) is 2.91. The lowest BCUT2D eigenvalue weighted by Crippen LogP contribution is -2.38. The van der Waals surface area contributed by atoms with Gasteiger partial charge in [-0.25, -0.2) is 4.79 Å². The molecule has 0 aliphatic carbocycles. The highest BCUT2D eigenvalue weighted by Gasteiger charge is 2.26. The maximum absolute atomic E-state index is 12.2. The number of carboxylic acid groups (broad SMARTS) is 1. The van der Waals surface area contributed by atoms with Crippen LogP contribution < -0.4 is 15.0 Å². The Labute approximate surface area is 117 Å². The first-order valence-corrected chi connectivity index (χ1v) is 6.59. The number of carboxylic acids is 1. The number of fused-ring (bicyclic) bond motifs is 1. The van der Waals surface area contributed by atoms with Crippen molar-refractivity contribution in [1.29, 1.82) is 0 Å². The number of rotatable bonds is 5. The molecule has 1 aromatic carbocycles. The molecule has 0 spiro atoms. The van der Waals surface area contributed by atoms with Crippen LogP contribution >= 0.6 is 0 Å². The van der Waals surface area contributed by atoms with E-state index in [0.29, 0.717) is 25.3 Å². The summed E-state index contributed by atoms with van der Waals surface area (Å²) in [6, 6.07) is 4.83. The minimum atomic E-state index is -1.05. The van der Waals surface area contributed by atoms with E-state index in [-0.39, 0.29) is 17.2 Å². The fraction of sp³-hybridized carbons (Fsp3) is 0.429. The number of para-hydroxylation sites is 1. The Balaban J connectivity index is 2.22. The average Bonchev–Trinajstić information content (AvgIpc) is 2.46. The van der Waals surface area contributed by atoms with Crippen LogP contribution in [0.15, 0.2) is 18.2 Å². The van der Waals surface area contributed by atoms with E-state index in [1.165, 1.54) is 6.07 Å². The summed E-state index contributed by atoms with van der Waals surface area (Å²) < 4.78 is 5.43. The molecular formula is C14H18N2O4. The number of anilines is 1. The summed E-state index contributed by atoms with van der Waals surface area (Å²) in [5.74, 6) is -0.771. The Kier molecular flexibility index (Phi) is 4.57. The van der Waals surface area contributed by atoms with Crippen LogP contribution in [0.3, 0.4) is 0 Å². The van der Waals surface area contributed by atoms with Crippen LogP contribution in [0.5, 0.6) is 5.75 Å². The van der Waals surface area contributed by atoms with Crippen molar-refractivity contribution in [1.82, 2.24) is 5.32 Å². The average molecular weight is 278 g/mol. The number of carbonyl (C=O) groups is 2. The molecule has 1 heterocycles. The molecule has 2 N–H and O–H groups in total. The maximum atomic E-state index is 12.2. The Hall–Kier alpha value is -2.08. The van der Waals surface area contributed by atoms with E-state index < -0.39 is 5.97 Å². The summed E-state index contributed by atoms with van der Waals surface area (Å²) in [4.78, 5) is 25.0. The molecule has 0 aromatic heterocycles. The SMILES string of the molecule is CNCCCC(=O)N1CCOc2c(C(=O)O)cccc21. The van der Waals surface area contributed by atoms with E-state index in [1.54, 1.807) is 17.0 Å². The summed E-state index contributed by atoms with van der Waals surface area (Å²) in [5.41, 5.74) is 0.640. The highest BCUT2D eigenvalue weighted by Crippen LogP contribution is 2.35. The number of hydrogen-bond acceptors (Lipinski definition) is 4. The molecule has 1 aliphatic rings. The molecule has 6 nitrogen and oxygen atoms in total. The fourth-order valence-corrected chi connectivity index (χ4v) is 2.23. The van der Waals surface area contributed by atoms with Gasteiger partial charge in [-0.05, 0) is 32.1 Å². The van der Waals surface area contributed by atoms with Gasteiger partial charge in [0.15, 0.2) is 5.75 Å². The van der Waals surface area contributed by atoms with Gasteiger partial charge in [0.1, 0.15) is 12.2 Å². The Bertz CT molecular complexity index is 516. The van der Waals surface area contributed by atoms with Crippen LogP contribution in [-0.2, 0) is 4.79 Å². The van der Waals surface area contributed by atoms with Crippen molar-refractivity contribution in [3.8, 4) is 5.75 Å². The second-order valence-electron chi connectivity index (χ2n) is 4.56. The highest BCUT2D eigenvalue weighted by molar-refractivity contribution is 5.99. The van der Waals surface area contributed by atoms with Gasteiger partial charge in [-0.1, -0.05) is 6.07 Å². The minimum absolute atomic E-state index is 0.00709. The highest BCUT2D eigenvalue weighted by atomic mass is 16.5. The minimum Gasteiger partial charge on any atom is -0.489 e. The number of nitrogens with zero attached hydrogens (tertiary/aromatic N) is 1. The van der Waals surface area contributed by atoms with Gasteiger partial charge in [0.2, 0.25) is 5.91 Å². The lowest BCUT2D eigenvalue weighted by atomic mass is 10.1. The van der Waals surface area contributed by atoms with Crippen molar-refractivity contribution in [2.45, 2.75) is 12.8 Å². The summed E-state index contributed by atoms with van der Waals surface area (Å²) in [6.45, 7) is 1.54. The Morgan fingerprint density at radius 2 is 2.25 bits per heavy atom. The molecule has 0 saturated heterocycles. The molecule has 108 valence electrons. The number of amides is 1. The predicted octanol–water partition coefficient (Wildman–Crippen LogP) is 1.11. The molecule has 0 unspecified atom stereocenters. The van der Waals surface area contributed by atoms with Crippen LogP contribution in [-0.4, -0.2) is 43.7 Å². The standard InChI is InChI=1S/C14H18N2O4/c1-15-7-3-6-12(17)16-8-9-20-13-10(14(18)19)4-2-5-11(13)16/h2,4-5,15H,3,6-9H2,1H3,(H,18,19). The fourth-order valence-electron chi connectivity index (χ4n) is 2.23. The van der Waals surface area contributed by atoms with E-state index in [4.69, 9.17) is 9.84 Å². The van der Waals surface area contributed by atoms with E-state index in [2.05, 4.69) is 5.32 Å². The number of ether oxygens (including phenoxy) is 1. The summed E-state index contributed by atoms with van der Waals surface area (Å²) in [6.07, 6.45) is 1.18. The normalized spacial score (nSPS) is 13.6. The zero-order valence-corrected chi connectivity index (χ0v) is 11.4. The first-order valence-electron chi connectivity index (χ1n) is 6.59. The van der Waals surface area contributed by atoms with Gasteiger partial charge in [0, 0.05) is 6.42 Å². The van der Waals surface area contributed by atoms with Gasteiger partial charge in [0.05, 0.1) is 12.2 Å². The lowest BCUT2D eigenvalue weighted by Gasteiger charge is -2.30. The Morgan fingerprint density at radius 1 is 1.45 bits per heavy atom. The number of benzene rings is 1. The zero-order valence-electron chi connectivity index (χ0n) is 11.4. The molecule has 20 heavy (non-hydrogen) atoms. The van der Waals surface area contributed by atoms with Crippen molar-refractivity contribution in [2.75, 3.05) is 31.6 Å². The molecule has 0 atom stereocenters. The lowest BCUT2D eigenvalue weighted by molar-refractivity contribution is -0.118. The van der Waals surface area contributed by atoms with E-state index >= 15 is 0 Å². The van der Waals surface area contributed by atoms with Gasteiger partial charge in [-0.3, -0.25) is 4.79 Å². The predicted molar refractivity (Wildman–Crippen MR) is 74.4 cm³/mol. The van der Waals surface area contributed by atoms with Crippen molar-refractivity contribution in [3.05, 3.63) is 23.8 Å². The van der Waals surface area contributed by atoms with Crippen LogP contribution in [0.2, 0.25) is 0 Å². The molecule has 2 rings (SSSR count). The zero-order chi connectivity index (χ0) is 14.5. The van der Waals surface area contributed by atoms with E-state index in [9.17, 15) is 9.59 Å². The van der Waals surface area contributed by atoms with Crippen molar-refractivity contribution in [2.24, 2.45) is 0 Å². The Morgan fingerprint density at radius 3 is 2.95 bits per heavy atom. The monoisotopic (exact) mass is 278 g/mol. The van der Waals surface area contributed by atoms with Gasteiger partial charge in [-0.2, -0.15) is 0 Å². The number of carbonyl (C=O) groups excluding carboxylic acids is 1. The van der Waals surface area contributed by atoms with Gasteiger partial charge in [0.25, 0.3) is 0 Å². The van der Waals surface area contributed by atoms with Crippen LogP contribution in [0.4, 0.5) is 5.69 Å². The topological polar surface area (TPSA) is 78.9 Å². The molecular weight excluding hydrogens is 260 g/mol. The second kappa shape index (κ2) is 6.38. The molecule has 0 bridgehead atoms. The second-order valence-corrected chi connectivity index (χ2v) is 4.56. The summed E-state index contributed by atoms with van der Waals surface area (Å²) in [5, 5.41) is 12.1. The molecule has 6 heteroatoms.